The molecule has 0 aromatic carbocycles. The van der Waals surface area contributed by atoms with Crippen LogP contribution in [0.1, 0.15) is 38.5 Å². The highest BCUT2D eigenvalue weighted by Crippen LogP contribution is 2.51. The Morgan fingerprint density at radius 1 is 1.00 bits per heavy atom. The highest BCUT2D eigenvalue weighted by molar-refractivity contribution is 5.89. The number of ketones is 2. The lowest BCUT2D eigenvalue weighted by atomic mass is 9.54. The van der Waals surface area contributed by atoms with Crippen molar-refractivity contribution in [1.29, 1.82) is 0 Å². The zero-order chi connectivity index (χ0) is 9.71. The summed E-state index contributed by atoms with van der Waals surface area (Å²) in [5.74, 6) is 2.32. The van der Waals surface area contributed by atoms with Gasteiger partial charge in [-0.1, -0.05) is 0 Å². The Morgan fingerprint density at radius 3 is 2.64 bits per heavy atom. The molecule has 0 aromatic rings. The predicted molar refractivity (Wildman–Crippen MR) is 51.7 cm³/mol. The van der Waals surface area contributed by atoms with E-state index < -0.39 is 0 Å². The third kappa shape index (κ3) is 1.03. The van der Waals surface area contributed by atoms with Crippen molar-refractivity contribution in [2.75, 3.05) is 0 Å². The second-order valence-corrected chi connectivity index (χ2v) is 5.16. The lowest BCUT2D eigenvalue weighted by molar-refractivity contribution is -0.146. The molecule has 4 atom stereocenters. The first-order chi connectivity index (χ1) is 6.77. The number of hydrogen-bond acceptors (Lipinski definition) is 2. The van der Waals surface area contributed by atoms with Gasteiger partial charge in [0.15, 0.2) is 0 Å². The largest absolute Gasteiger partial charge is 0.299 e. The molecule has 0 amide bonds. The van der Waals surface area contributed by atoms with Crippen LogP contribution >= 0.6 is 0 Å². The van der Waals surface area contributed by atoms with Crippen LogP contribution in [-0.4, -0.2) is 11.6 Å². The van der Waals surface area contributed by atoms with E-state index in [2.05, 4.69) is 0 Å². The van der Waals surface area contributed by atoms with Gasteiger partial charge in [0.25, 0.3) is 0 Å². The fourth-order valence-electron chi connectivity index (χ4n) is 3.99. The second kappa shape index (κ2) is 2.91. The van der Waals surface area contributed by atoms with Gasteiger partial charge in [-0.3, -0.25) is 9.59 Å². The molecule has 0 radical (unpaired) electrons. The number of fused-ring (bicyclic) bond motifs is 2. The molecular formula is C12H16O2. The quantitative estimate of drug-likeness (QED) is 0.588. The number of carbonyl (C=O) groups excluding carboxylic acids is 2. The molecule has 0 unspecified atom stereocenters. The molecule has 2 bridgehead atoms. The van der Waals surface area contributed by atoms with Crippen molar-refractivity contribution < 1.29 is 9.59 Å². The molecule has 76 valence electrons. The van der Waals surface area contributed by atoms with E-state index in [4.69, 9.17) is 0 Å². The lowest BCUT2D eigenvalue weighted by Gasteiger charge is -2.48. The summed E-state index contributed by atoms with van der Waals surface area (Å²) in [6.07, 6.45) is 5.83. The highest BCUT2D eigenvalue weighted by Gasteiger charge is 2.51. The Morgan fingerprint density at radius 2 is 1.86 bits per heavy atom. The van der Waals surface area contributed by atoms with E-state index in [0.29, 0.717) is 29.8 Å². The van der Waals surface area contributed by atoms with Crippen molar-refractivity contribution in [3.63, 3.8) is 0 Å². The first kappa shape index (κ1) is 8.63. The molecule has 0 N–H and O–H groups in total. The molecule has 0 heterocycles. The van der Waals surface area contributed by atoms with Gasteiger partial charge in [0.2, 0.25) is 0 Å². The monoisotopic (exact) mass is 192 g/mol. The summed E-state index contributed by atoms with van der Waals surface area (Å²) < 4.78 is 0. The molecule has 0 saturated heterocycles. The molecule has 4 aliphatic carbocycles. The number of Topliss-reactive ketones (excluding diaryl/α,β-unsaturated/α-hetero) is 2. The summed E-state index contributed by atoms with van der Waals surface area (Å²) in [5.41, 5.74) is 0. The zero-order valence-electron chi connectivity index (χ0n) is 8.37. The summed E-state index contributed by atoms with van der Waals surface area (Å²) in [7, 11) is 0. The van der Waals surface area contributed by atoms with Crippen LogP contribution < -0.4 is 0 Å². The van der Waals surface area contributed by atoms with Gasteiger partial charge in [0.05, 0.1) is 0 Å². The van der Waals surface area contributed by atoms with Crippen molar-refractivity contribution in [3.05, 3.63) is 0 Å². The van der Waals surface area contributed by atoms with Crippen LogP contribution in [0.3, 0.4) is 0 Å². The van der Waals surface area contributed by atoms with Crippen LogP contribution in [-0.2, 0) is 9.59 Å². The predicted octanol–water partition coefficient (Wildman–Crippen LogP) is 1.97. The van der Waals surface area contributed by atoms with E-state index in [1.54, 1.807) is 0 Å². The standard InChI is InChI=1S/C12H16O2/c13-10-3-1-2-9-8-5-4-7(12(9)10)6-11(8)14/h7-9,12H,1-6H2/t7-,8-,9+,12-/m1/s1. The molecule has 4 fully saturated rings. The molecule has 4 rings (SSSR count). The minimum absolute atomic E-state index is 0.259. The highest BCUT2D eigenvalue weighted by atomic mass is 16.1. The van der Waals surface area contributed by atoms with E-state index in [1.165, 1.54) is 0 Å². The maximum Gasteiger partial charge on any atom is 0.136 e. The van der Waals surface area contributed by atoms with Gasteiger partial charge in [0.1, 0.15) is 11.6 Å². The third-order valence-electron chi connectivity index (χ3n) is 4.54. The summed E-state index contributed by atoms with van der Waals surface area (Å²) >= 11 is 0. The Hall–Kier alpha value is -0.660. The van der Waals surface area contributed by atoms with Crippen molar-refractivity contribution in [2.45, 2.75) is 38.5 Å². The molecule has 2 heteroatoms. The zero-order valence-corrected chi connectivity index (χ0v) is 8.37. The van der Waals surface area contributed by atoms with Crippen LogP contribution in [0.2, 0.25) is 0 Å². The molecule has 0 spiro atoms. The van der Waals surface area contributed by atoms with Crippen LogP contribution in [0.4, 0.5) is 0 Å². The summed E-state index contributed by atoms with van der Waals surface area (Å²) in [4.78, 5) is 23.5. The normalized spacial score (nSPS) is 46.6. The van der Waals surface area contributed by atoms with Gasteiger partial charge in [-0.15, -0.1) is 0 Å². The SMILES string of the molecule is O=C1CCC[C@@H]2[C@H]1[C@@H]1CC[C@H]2C(=O)C1. The van der Waals surface area contributed by atoms with E-state index in [0.717, 1.165) is 32.1 Å². The molecule has 4 saturated carbocycles. The fraction of sp³-hybridized carbons (Fsp3) is 0.833. The van der Waals surface area contributed by atoms with Crippen LogP contribution in [0, 0.1) is 23.7 Å². The minimum atomic E-state index is 0.259. The minimum Gasteiger partial charge on any atom is -0.299 e. The Labute approximate surface area is 84.1 Å². The van der Waals surface area contributed by atoms with E-state index in [-0.39, 0.29) is 11.8 Å². The van der Waals surface area contributed by atoms with Gasteiger partial charge in [-0.05, 0) is 37.5 Å². The summed E-state index contributed by atoms with van der Waals surface area (Å²) in [6.45, 7) is 0. The first-order valence-corrected chi connectivity index (χ1v) is 5.83. The van der Waals surface area contributed by atoms with E-state index >= 15 is 0 Å². The van der Waals surface area contributed by atoms with Crippen molar-refractivity contribution in [3.8, 4) is 0 Å². The second-order valence-electron chi connectivity index (χ2n) is 5.16. The molecule has 2 nitrogen and oxygen atoms in total. The average Bonchev–Trinajstić information content (AvgIpc) is 2.18. The van der Waals surface area contributed by atoms with Gasteiger partial charge >= 0.3 is 0 Å². The van der Waals surface area contributed by atoms with Crippen LogP contribution in [0.25, 0.3) is 0 Å². The lowest BCUT2D eigenvalue weighted by Crippen LogP contribution is -2.50. The first-order valence-electron chi connectivity index (χ1n) is 5.83. The third-order valence-corrected chi connectivity index (χ3v) is 4.54. The maximum atomic E-state index is 11.8. The van der Waals surface area contributed by atoms with Crippen LogP contribution in [0.5, 0.6) is 0 Å². The summed E-state index contributed by atoms with van der Waals surface area (Å²) in [5, 5.41) is 0. The van der Waals surface area contributed by atoms with Crippen molar-refractivity contribution in [1.82, 2.24) is 0 Å². The fourth-order valence-corrected chi connectivity index (χ4v) is 3.99. The molecule has 14 heavy (non-hydrogen) atoms. The molecular weight excluding hydrogens is 176 g/mol. The summed E-state index contributed by atoms with van der Waals surface area (Å²) in [6, 6.07) is 0. The van der Waals surface area contributed by atoms with Crippen molar-refractivity contribution in [2.24, 2.45) is 23.7 Å². The molecule has 4 aliphatic rings. The van der Waals surface area contributed by atoms with Crippen molar-refractivity contribution >= 4 is 11.6 Å². The number of hydrogen-bond donors (Lipinski definition) is 0. The Kier molecular flexibility index (Phi) is 1.80. The maximum absolute atomic E-state index is 11.8. The number of rotatable bonds is 0. The topological polar surface area (TPSA) is 34.1 Å². The molecule has 0 aromatic heterocycles. The van der Waals surface area contributed by atoms with Gasteiger partial charge in [-0.2, -0.15) is 0 Å². The average molecular weight is 192 g/mol. The van der Waals surface area contributed by atoms with Gasteiger partial charge < -0.3 is 0 Å². The van der Waals surface area contributed by atoms with Gasteiger partial charge in [-0.25, -0.2) is 0 Å². The van der Waals surface area contributed by atoms with Gasteiger partial charge in [0, 0.05) is 24.7 Å². The smallest absolute Gasteiger partial charge is 0.136 e. The Bertz CT molecular complexity index is 295. The number of carbonyl (C=O) groups is 2. The van der Waals surface area contributed by atoms with E-state index in [9.17, 15) is 9.59 Å². The van der Waals surface area contributed by atoms with Crippen LogP contribution in [0.15, 0.2) is 0 Å². The van der Waals surface area contributed by atoms with E-state index in [1.807, 2.05) is 0 Å². The Balaban J connectivity index is 1.94. The molecule has 0 aliphatic heterocycles.